The van der Waals surface area contributed by atoms with Gasteiger partial charge in [-0.2, -0.15) is 0 Å². The van der Waals surface area contributed by atoms with Gasteiger partial charge >= 0.3 is 0 Å². The summed E-state index contributed by atoms with van der Waals surface area (Å²) in [5, 5.41) is 0. The van der Waals surface area contributed by atoms with E-state index in [1.54, 1.807) is 24.3 Å². The standard InChI is InChI=1S/C16H14F2O2/c1-20-15-7-3-5-12(16(15)18)10-14(19)9-11-4-2-6-13(17)8-11/h2-8H,9-10H2,1H3. The van der Waals surface area contributed by atoms with Gasteiger partial charge < -0.3 is 4.74 Å². The highest BCUT2D eigenvalue weighted by Crippen LogP contribution is 2.20. The molecule has 2 nitrogen and oxygen atoms in total. The molecule has 0 saturated heterocycles. The number of ketones is 1. The number of benzene rings is 2. The second kappa shape index (κ2) is 6.28. The molecule has 0 aliphatic heterocycles. The Labute approximate surface area is 116 Å². The van der Waals surface area contributed by atoms with E-state index in [9.17, 15) is 13.6 Å². The molecule has 0 aliphatic rings. The Morgan fingerprint density at radius 3 is 2.55 bits per heavy atom. The lowest BCUT2D eigenvalue weighted by Crippen LogP contribution is -2.08. The Hall–Kier alpha value is -2.23. The highest BCUT2D eigenvalue weighted by molar-refractivity contribution is 5.83. The van der Waals surface area contributed by atoms with Crippen molar-refractivity contribution in [1.29, 1.82) is 0 Å². The van der Waals surface area contributed by atoms with Gasteiger partial charge in [-0.05, 0) is 29.3 Å². The van der Waals surface area contributed by atoms with Gasteiger partial charge in [-0.15, -0.1) is 0 Å². The van der Waals surface area contributed by atoms with Crippen LogP contribution in [0, 0.1) is 11.6 Å². The van der Waals surface area contributed by atoms with Gasteiger partial charge in [0.1, 0.15) is 11.6 Å². The van der Waals surface area contributed by atoms with Gasteiger partial charge in [0.25, 0.3) is 0 Å². The van der Waals surface area contributed by atoms with Gasteiger partial charge in [0.2, 0.25) is 0 Å². The average Bonchev–Trinajstić information content (AvgIpc) is 2.41. The molecule has 0 radical (unpaired) electrons. The lowest BCUT2D eigenvalue weighted by atomic mass is 10.0. The van der Waals surface area contributed by atoms with E-state index in [0.29, 0.717) is 5.56 Å². The zero-order valence-corrected chi connectivity index (χ0v) is 11.0. The fourth-order valence-corrected chi connectivity index (χ4v) is 2.00. The van der Waals surface area contributed by atoms with Gasteiger partial charge in [-0.1, -0.05) is 24.3 Å². The van der Waals surface area contributed by atoms with Crippen LogP contribution < -0.4 is 4.74 Å². The zero-order chi connectivity index (χ0) is 14.5. The van der Waals surface area contributed by atoms with Crippen molar-refractivity contribution in [2.75, 3.05) is 7.11 Å². The predicted molar refractivity (Wildman–Crippen MR) is 71.8 cm³/mol. The molecule has 0 N–H and O–H groups in total. The maximum atomic E-state index is 13.9. The SMILES string of the molecule is COc1cccc(CC(=O)Cc2cccc(F)c2)c1F. The lowest BCUT2D eigenvalue weighted by molar-refractivity contribution is -0.117. The van der Waals surface area contributed by atoms with Crippen molar-refractivity contribution < 1.29 is 18.3 Å². The molecule has 2 rings (SSSR count). The van der Waals surface area contributed by atoms with Crippen LogP contribution in [-0.2, 0) is 17.6 Å². The molecule has 0 unspecified atom stereocenters. The number of methoxy groups -OCH3 is 1. The Balaban J connectivity index is 2.09. The van der Waals surface area contributed by atoms with Gasteiger partial charge in [-0.3, -0.25) is 4.79 Å². The molecule has 0 aromatic heterocycles. The van der Waals surface area contributed by atoms with Crippen LogP contribution in [0.3, 0.4) is 0 Å². The van der Waals surface area contributed by atoms with Crippen molar-refractivity contribution in [1.82, 2.24) is 0 Å². The molecular formula is C16H14F2O2. The lowest BCUT2D eigenvalue weighted by Gasteiger charge is -2.07. The Kier molecular flexibility index (Phi) is 4.45. The average molecular weight is 276 g/mol. The number of ether oxygens (including phenoxy) is 1. The van der Waals surface area contributed by atoms with E-state index < -0.39 is 5.82 Å². The number of rotatable bonds is 5. The van der Waals surface area contributed by atoms with Crippen LogP contribution in [-0.4, -0.2) is 12.9 Å². The second-order valence-corrected chi connectivity index (χ2v) is 4.46. The monoisotopic (exact) mass is 276 g/mol. The normalized spacial score (nSPS) is 10.3. The fourth-order valence-electron chi connectivity index (χ4n) is 2.00. The molecule has 2 aromatic carbocycles. The third-order valence-corrected chi connectivity index (χ3v) is 2.94. The first-order valence-corrected chi connectivity index (χ1v) is 6.17. The third-order valence-electron chi connectivity index (χ3n) is 2.94. The highest BCUT2D eigenvalue weighted by atomic mass is 19.1. The summed E-state index contributed by atoms with van der Waals surface area (Å²) in [6.07, 6.45) is 0.0357. The molecule has 0 aliphatic carbocycles. The van der Waals surface area contributed by atoms with E-state index in [0.717, 1.165) is 0 Å². The number of carbonyl (C=O) groups excluding carboxylic acids is 1. The van der Waals surface area contributed by atoms with Gasteiger partial charge in [-0.25, -0.2) is 8.78 Å². The predicted octanol–water partition coefficient (Wildman–Crippen LogP) is 3.33. The fraction of sp³-hybridized carbons (Fsp3) is 0.188. The number of hydrogen-bond donors (Lipinski definition) is 0. The van der Waals surface area contributed by atoms with Gasteiger partial charge in [0.05, 0.1) is 7.11 Å². The van der Waals surface area contributed by atoms with Crippen LogP contribution in [0.4, 0.5) is 8.78 Å². The van der Waals surface area contributed by atoms with E-state index in [4.69, 9.17) is 4.74 Å². The molecule has 20 heavy (non-hydrogen) atoms. The van der Waals surface area contributed by atoms with Crippen LogP contribution in [0.15, 0.2) is 42.5 Å². The maximum Gasteiger partial charge on any atom is 0.168 e. The maximum absolute atomic E-state index is 13.9. The van der Waals surface area contributed by atoms with E-state index in [-0.39, 0.29) is 35.8 Å². The van der Waals surface area contributed by atoms with Crippen LogP contribution in [0.1, 0.15) is 11.1 Å². The number of Topliss-reactive ketones (excluding diaryl/α,β-unsaturated/α-hetero) is 1. The summed E-state index contributed by atoms with van der Waals surface area (Å²) in [5.74, 6) is -0.978. The minimum absolute atomic E-state index is 0.0421. The van der Waals surface area contributed by atoms with E-state index in [1.165, 1.54) is 25.3 Å². The van der Waals surface area contributed by atoms with Crippen molar-refractivity contribution in [2.24, 2.45) is 0 Å². The Morgan fingerprint density at radius 2 is 1.85 bits per heavy atom. The van der Waals surface area contributed by atoms with Crippen LogP contribution in [0.25, 0.3) is 0 Å². The largest absolute Gasteiger partial charge is 0.494 e. The molecule has 0 spiro atoms. The third kappa shape index (κ3) is 3.41. The smallest absolute Gasteiger partial charge is 0.168 e. The molecule has 104 valence electrons. The summed E-state index contributed by atoms with van der Waals surface area (Å²) in [4.78, 5) is 11.9. The highest BCUT2D eigenvalue weighted by Gasteiger charge is 2.12. The van der Waals surface area contributed by atoms with E-state index in [2.05, 4.69) is 0 Å². The van der Waals surface area contributed by atoms with Crippen LogP contribution in [0.5, 0.6) is 5.75 Å². The second-order valence-electron chi connectivity index (χ2n) is 4.46. The topological polar surface area (TPSA) is 26.3 Å². The van der Waals surface area contributed by atoms with E-state index in [1.807, 2.05) is 0 Å². The van der Waals surface area contributed by atoms with Crippen molar-refractivity contribution in [3.8, 4) is 5.75 Å². The van der Waals surface area contributed by atoms with Crippen molar-refractivity contribution in [3.05, 3.63) is 65.2 Å². The van der Waals surface area contributed by atoms with Crippen molar-refractivity contribution in [2.45, 2.75) is 12.8 Å². The molecule has 0 atom stereocenters. The molecular weight excluding hydrogens is 262 g/mol. The number of halogens is 2. The number of hydrogen-bond acceptors (Lipinski definition) is 2. The van der Waals surface area contributed by atoms with Crippen molar-refractivity contribution in [3.63, 3.8) is 0 Å². The molecule has 0 amide bonds. The van der Waals surface area contributed by atoms with Gasteiger partial charge in [0, 0.05) is 12.8 Å². The minimum Gasteiger partial charge on any atom is -0.494 e. The van der Waals surface area contributed by atoms with Crippen molar-refractivity contribution >= 4 is 5.78 Å². The zero-order valence-electron chi connectivity index (χ0n) is 11.0. The summed E-state index contributed by atoms with van der Waals surface area (Å²) in [5.41, 5.74) is 0.865. The first kappa shape index (κ1) is 14.2. The van der Waals surface area contributed by atoms with Crippen LogP contribution >= 0.6 is 0 Å². The molecule has 0 heterocycles. The summed E-state index contributed by atoms with van der Waals surface area (Å²) >= 11 is 0. The first-order chi connectivity index (χ1) is 9.60. The quantitative estimate of drug-likeness (QED) is 0.837. The molecule has 0 fully saturated rings. The summed E-state index contributed by atoms with van der Waals surface area (Å²) < 4.78 is 31.8. The first-order valence-electron chi connectivity index (χ1n) is 6.17. The molecule has 2 aromatic rings. The molecule has 4 heteroatoms. The van der Waals surface area contributed by atoms with Gasteiger partial charge in [0.15, 0.2) is 11.6 Å². The Bertz CT molecular complexity index is 624. The summed E-state index contributed by atoms with van der Waals surface area (Å²) in [6, 6.07) is 10.5. The molecule has 0 bridgehead atoms. The number of carbonyl (C=O) groups is 1. The summed E-state index contributed by atoms with van der Waals surface area (Å²) in [6.45, 7) is 0. The Morgan fingerprint density at radius 1 is 1.10 bits per heavy atom. The minimum atomic E-state index is -0.525. The van der Waals surface area contributed by atoms with E-state index >= 15 is 0 Å². The summed E-state index contributed by atoms with van der Waals surface area (Å²) in [7, 11) is 1.37. The molecule has 0 saturated carbocycles. The van der Waals surface area contributed by atoms with Crippen LogP contribution in [0.2, 0.25) is 0 Å².